The molecular formula is C12H17N3O5. The van der Waals surface area contributed by atoms with Crippen molar-refractivity contribution < 1.29 is 24.2 Å². The summed E-state index contributed by atoms with van der Waals surface area (Å²) in [5.74, 6) is -1.37. The number of ether oxygens (including phenoxy) is 2. The zero-order valence-electron chi connectivity index (χ0n) is 11.4. The van der Waals surface area contributed by atoms with E-state index in [9.17, 15) is 14.7 Å². The highest BCUT2D eigenvalue weighted by Gasteiger charge is 2.18. The summed E-state index contributed by atoms with van der Waals surface area (Å²) in [5, 5.41) is 11.7. The van der Waals surface area contributed by atoms with Crippen molar-refractivity contribution in [2.75, 3.05) is 0 Å². The topological polar surface area (TPSA) is 124 Å². The molecular weight excluding hydrogens is 266 g/mol. The van der Waals surface area contributed by atoms with Crippen LogP contribution in [0.25, 0.3) is 0 Å². The number of carbonyl (C=O) groups is 2. The molecule has 0 spiro atoms. The maximum atomic E-state index is 11.4. The van der Waals surface area contributed by atoms with E-state index in [1.807, 2.05) is 5.32 Å². The molecule has 0 saturated carbocycles. The fraction of sp³-hybridized carbons (Fsp3) is 0.417. The fourth-order valence-electron chi connectivity index (χ4n) is 1.17. The number of amides is 2. The van der Waals surface area contributed by atoms with Crippen LogP contribution in [-0.2, 0) is 4.79 Å². The van der Waals surface area contributed by atoms with Crippen molar-refractivity contribution in [3.8, 4) is 17.4 Å². The van der Waals surface area contributed by atoms with Crippen molar-refractivity contribution in [3.05, 3.63) is 12.3 Å². The van der Waals surface area contributed by atoms with Gasteiger partial charge in [0, 0.05) is 12.3 Å². The molecule has 1 aromatic heterocycles. The van der Waals surface area contributed by atoms with Crippen LogP contribution < -0.4 is 20.5 Å². The highest BCUT2D eigenvalue weighted by atomic mass is 16.6. The molecule has 8 nitrogen and oxygen atoms in total. The van der Waals surface area contributed by atoms with Gasteiger partial charge in [0.05, 0.1) is 12.1 Å². The number of hydrogen-bond donors (Lipinski definition) is 3. The first-order valence-corrected chi connectivity index (χ1v) is 5.94. The van der Waals surface area contributed by atoms with Gasteiger partial charge in [0.15, 0.2) is 5.75 Å². The second-order valence-electron chi connectivity index (χ2n) is 4.30. The summed E-state index contributed by atoms with van der Waals surface area (Å²) < 4.78 is 10.0. The van der Waals surface area contributed by atoms with Crippen LogP contribution in [0.4, 0.5) is 4.79 Å². The van der Waals surface area contributed by atoms with E-state index in [1.54, 1.807) is 13.8 Å². The molecule has 2 amide bonds. The van der Waals surface area contributed by atoms with Gasteiger partial charge in [0.1, 0.15) is 0 Å². The minimum atomic E-state index is -1.09. The van der Waals surface area contributed by atoms with Crippen LogP contribution in [0.15, 0.2) is 12.3 Å². The second kappa shape index (κ2) is 6.71. The number of nitrogens with one attached hydrogen (secondary N) is 1. The first kappa shape index (κ1) is 15.7. The normalized spacial score (nSPS) is 11.8. The molecule has 0 saturated heterocycles. The van der Waals surface area contributed by atoms with Gasteiger partial charge in [-0.2, -0.15) is 0 Å². The summed E-state index contributed by atoms with van der Waals surface area (Å²) in [7, 11) is 0. The summed E-state index contributed by atoms with van der Waals surface area (Å²) in [6.45, 7) is 4.96. The molecule has 0 bridgehead atoms. The monoisotopic (exact) mass is 283 g/mol. The summed E-state index contributed by atoms with van der Waals surface area (Å²) in [6.07, 6.45) is 0.0365. The summed E-state index contributed by atoms with van der Waals surface area (Å²) in [6, 6.07) is 0.562. The van der Waals surface area contributed by atoms with Crippen molar-refractivity contribution in [3.63, 3.8) is 0 Å². The standard InChI is InChI=1S/C12H17N3O5/c1-6(2)19-8-4-5-14-11(9(8)16)20-12(18)15-10(17)7(3)13/h4-7,16H,13H2,1-3H3,(H,15,17,18)/t7-/m1/s1. The summed E-state index contributed by atoms with van der Waals surface area (Å²) in [4.78, 5) is 26.3. The Morgan fingerprint density at radius 2 is 2.05 bits per heavy atom. The van der Waals surface area contributed by atoms with Gasteiger partial charge in [-0.15, -0.1) is 0 Å². The van der Waals surface area contributed by atoms with Crippen molar-refractivity contribution >= 4 is 12.0 Å². The van der Waals surface area contributed by atoms with Crippen LogP contribution in [-0.4, -0.2) is 34.2 Å². The quantitative estimate of drug-likeness (QED) is 0.736. The number of rotatable bonds is 4. The maximum absolute atomic E-state index is 11.4. The molecule has 1 rings (SSSR count). The average Bonchev–Trinajstić information content (AvgIpc) is 2.33. The van der Waals surface area contributed by atoms with Crippen molar-refractivity contribution in [1.82, 2.24) is 10.3 Å². The van der Waals surface area contributed by atoms with Gasteiger partial charge in [0.2, 0.25) is 11.7 Å². The van der Waals surface area contributed by atoms with E-state index in [4.69, 9.17) is 15.2 Å². The third kappa shape index (κ3) is 4.39. The van der Waals surface area contributed by atoms with E-state index in [0.717, 1.165) is 0 Å². The Morgan fingerprint density at radius 3 is 2.60 bits per heavy atom. The van der Waals surface area contributed by atoms with Crippen molar-refractivity contribution in [2.45, 2.75) is 32.9 Å². The number of carbonyl (C=O) groups excluding carboxylic acids is 2. The third-order valence-electron chi connectivity index (χ3n) is 2.04. The number of pyridine rings is 1. The first-order valence-electron chi connectivity index (χ1n) is 5.94. The summed E-state index contributed by atoms with van der Waals surface area (Å²) >= 11 is 0. The average molecular weight is 283 g/mol. The van der Waals surface area contributed by atoms with Gasteiger partial charge in [-0.3, -0.25) is 10.1 Å². The van der Waals surface area contributed by atoms with E-state index in [-0.39, 0.29) is 17.7 Å². The van der Waals surface area contributed by atoms with E-state index in [1.165, 1.54) is 19.2 Å². The van der Waals surface area contributed by atoms with E-state index >= 15 is 0 Å². The predicted molar refractivity (Wildman–Crippen MR) is 69.5 cm³/mol. The number of hydrogen-bond acceptors (Lipinski definition) is 7. The molecule has 1 atom stereocenters. The second-order valence-corrected chi connectivity index (χ2v) is 4.30. The molecule has 1 aromatic rings. The number of nitrogens with zero attached hydrogens (tertiary/aromatic N) is 1. The van der Waals surface area contributed by atoms with Gasteiger partial charge in [0.25, 0.3) is 5.88 Å². The highest BCUT2D eigenvalue weighted by Crippen LogP contribution is 2.34. The fourth-order valence-corrected chi connectivity index (χ4v) is 1.17. The lowest BCUT2D eigenvalue weighted by molar-refractivity contribution is -0.121. The van der Waals surface area contributed by atoms with Crippen molar-refractivity contribution in [2.24, 2.45) is 5.73 Å². The lowest BCUT2D eigenvalue weighted by atomic mass is 10.3. The van der Waals surface area contributed by atoms with Gasteiger partial charge >= 0.3 is 6.09 Å². The Labute approximate surface area is 115 Å². The zero-order valence-corrected chi connectivity index (χ0v) is 11.4. The Balaban J connectivity index is 2.77. The van der Waals surface area contributed by atoms with Crippen LogP contribution in [0, 0.1) is 0 Å². The lowest BCUT2D eigenvalue weighted by Gasteiger charge is -2.13. The Hall–Kier alpha value is -2.35. The molecule has 0 fully saturated rings. The minimum Gasteiger partial charge on any atom is -0.501 e. The molecule has 0 aliphatic carbocycles. The van der Waals surface area contributed by atoms with Gasteiger partial charge < -0.3 is 20.3 Å². The van der Waals surface area contributed by atoms with Gasteiger partial charge in [-0.1, -0.05) is 0 Å². The Morgan fingerprint density at radius 1 is 1.40 bits per heavy atom. The maximum Gasteiger partial charge on any atom is 0.420 e. The summed E-state index contributed by atoms with van der Waals surface area (Å²) in [5.41, 5.74) is 5.28. The highest BCUT2D eigenvalue weighted by molar-refractivity contribution is 5.95. The molecule has 20 heavy (non-hydrogen) atoms. The number of imide groups is 1. The number of nitrogens with two attached hydrogens (primary N) is 1. The van der Waals surface area contributed by atoms with E-state index in [2.05, 4.69) is 4.98 Å². The molecule has 0 aliphatic rings. The van der Waals surface area contributed by atoms with E-state index in [0.29, 0.717) is 0 Å². The molecule has 4 N–H and O–H groups in total. The molecule has 1 heterocycles. The van der Waals surface area contributed by atoms with Gasteiger partial charge in [-0.25, -0.2) is 9.78 Å². The predicted octanol–water partition coefficient (Wildman–Crippen LogP) is 0.537. The molecule has 0 radical (unpaired) electrons. The number of aromatic hydroxyl groups is 1. The smallest absolute Gasteiger partial charge is 0.420 e. The Bertz CT molecular complexity index is 502. The zero-order chi connectivity index (χ0) is 15.3. The largest absolute Gasteiger partial charge is 0.501 e. The van der Waals surface area contributed by atoms with E-state index < -0.39 is 23.8 Å². The number of aromatic nitrogens is 1. The Kier molecular flexibility index (Phi) is 5.27. The van der Waals surface area contributed by atoms with Crippen LogP contribution in [0.5, 0.6) is 17.4 Å². The van der Waals surface area contributed by atoms with Crippen molar-refractivity contribution in [1.29, 1.82) is 0 Å². The van der Waals surface area contributed by atoms with Crippen LogP contribution in [0.2, 0.25) is 0 Å². The molecule has 8 heteroatoms. The van der Waals surface area contributed by atoms with Crippen LogP contribution in [0.1, 0.15) is 20.8 Å². The third-order valence-corrected chi connectivity index (χ3v) is 2.04. The SMILES string of the molecule is CC(C)Oc1ccnc(OC(=O)NC(=O)[C@@H](C)N)c1O. The van der Waals surface area contributed by atoms with Crippen LogP contribution in [0.3, 0.4) is 0 Å². The molecule has 0 aromatic carbocycles. The molecule has 110 valence electrons. The molecule has 0 unspecified atom stereocenters. The van der Waals surface area contributed by atoms with Crippen LogP contribution >= 0.6 is 0 Å². The minimum absolute atomic E-state index is 0.122. The molecule has 0 aliphatic heterocycles. The van der Waals surface area contributed by atoms with Gasteiger partial charge in [-0.05, 0) is 20.8 Å². The first-order chi connectivity index (χ1) is 9.31. The lowest BCUT2D eigenvalue weighted by Crippen LogP contribution is -2.42.